The van der Waals surface area contributed by atoms with Gasteiger partial charge in [-0.3, -0.25) is 19.7 Å². The van der Waals surface area contributed by atoms with Crippen molar-refractivity contribution in [3.8, 4) is 17.0 Å². The molecule has 4 rings (SSSR count). The third-order valence-electron chi connectivity index (χ3n) is 4.54. The quantitative estimate of drug-likeness (QED) is 0.572. The van der Waals surface area contributed by atoms with E-state index in [1.807, 2.05) is 35.7 Å². The molecule has 0 unspecified atom stereocenters. The van der Waals surface area contributed by atoms with Gasteiger partial charge in [0.1, 0.15) is 5.75 Å². The molecule has 0 fully saturated rings. The molecule has 31 heavy (non-hydrogen) atoms. The van der Waals surface area contributed by atoms with Crippen molar-refractivity contribution in [1.29, 1.82) is 0 Å². The molecule has 0 radical (unpaired) electrons. The van der Waals surface area contributed by atoms with E-state index in [0.29, 0.717) is 16.6 Å². The molecular weight excluding hydrogens is 418 g/mol. The van der Waals surface area contributed by atoms with Crippen LogP contribution in [0.2, 0.25) is 0 Å². The molecular formula is C22H19N3O5S. The summed E-state index contributed by atoms with van der Waals surface area (Å²) in [5, 5.41) is 7.56. The molecule has 3 aromatic rings. The van der Waals surface area contributed by atoms with Gasteiger partial charge in [-0.15, -0.1) is 11.3 Å². The maximum absolute atomic E-state index is 12.4. The minimum Gasteiger partial charge on any atom is -0.478 e. The van der Waals surface area contributed by atoms with E-state index in [4.69, 9.17) is 9.47 Å². The fourth-order valence-electron chi connectivity index (χ4n) is 2.96. The lowest BCUT2D eigenvalue weighted by Gasteiger charge is -2.25. The van der Waals surface area contributed by atoms with Crippen molar-refractivity contribution in [2.24, 2.45) is 0 Å². The molecule has 0 saturated heterocycles. The summed E-state index contributed by atoms with van der Waals surface area (Å²) in [6.07, 6.45) is -2.40. The van der Waals surface area contributed by atoms with Crippen molar-refractivity contribution in [3.05, 3.63) is 60.0 Å². The standard InChI is InChI=1S/C22H19N3O5S/c1-13(20(27)25-22-24-16(12-31-22)14-7-3-2-4-8-14)29-19(26)11-18-21(28)23-15-9-5-6-10-17(15)30-18/h2-10,12-13,18H,11H2,1H3,(H,23,28)(H,24,25,27)/t13-,18+/m1/s1. The Morgan fingerprint density at radius 3 is 2.74 bits per heavy atom. The van der Waals surface area contributed by atoms with Gasteiger partial charge in [-0.1, -0.05) is 42.5 Å². The van der Waals surface area contributed by atoms with Crippen LogP contribution in [-0.2, 0) is 19.1 Å². The third kappa shape index (κ3) is 4.89. The van der Waals surface area contributed by atoms with Crippen LogP contribution in [0.15, 0.2) is 60.0 Å². The zero-order chi connectivity index (χ0) is 21.8. The Hall–Kier alpha value is -3.72. The normalized spacial score (nSPS) is 15.8. The second-order valence-corrected chi connectivity index (χ2v) is 7.68. The molecule has 9 heteroatoms. The number of esters is 1. The smallest absolute Gasteiger partial charge is 0.310 e. The third-order valence-corrected chi connectivity index (χ3v) is 5.30. The Morgan fingerprint density at radius 2 is 1.94 bits per heavy atom. The molecule has 2 atom stereocenters. The van der Waals surface area contributed by atoms with E-state index in [1.54, 1.807) is 24.3 Å². The largest absolute Gasteiger partial charge is 0.478 e. The topological polar surface area (TPSA) is 107 Å². The Labute approximate surface area is 182 Å². The van der Waals surface area contributed by atoms with E-state index < -0.39 is 30.0 Å². The first-order valence-corrected chi connectivity index (χ1v) is 10.5. The summed E-state index contributed by atoms with van der Waals surface area (Å²) in [6, 6.07) is 16.5. The van der Waals surface area contributed by atoms with Gasteiger partial charge in [0.15, 0.2) is 17.3 Å². The van der Waals surface area contributed by atoms with E-state index in [9.17, 15) is 14.4 Å². The van der Waals surface area contributed by atoms with Crippen LogP contribution < -0.4 is 15.4 Å². The zero-order valence-electron chi connectivity index (χ0n) is 16.5. The summed E-state index contributed by atoms with van der Waals surface area (Å²) < 4.78 is 10.8. The van der Waals surface area contributed by atoms with E-state index in [-0.39, 0.29) is 6.42 Å². The van der Waals surface area contributed by atoms with Crippen molar-refractivity contribution in [3.63, 3.8) is 0 Å². The van der Waals surface area contributed by atoms with Gasteiger partial charge >= 0.3 is 5.97 Å². The fraction of sp³-hybridized carbons (Fsp3) is 0.182. The molecule has 2 N–H and O–H groups in total. The first kappa shape index (κ1) is 20.5. The Morgan fingerprint density at radius 1 is 1.19 bits per heavy atom. The number of thiazole rings is 1. The molecule has 0 bridgehead atoms. The molecule has 1 aliphatic heterocycles. The van der Waals surface area contributed by atoms with Gasteiger partial charge in [0, 0.05) is 10.9 Å². The van der Waals surface area contributed by atoms with Crippen LogP contribution >= 0.6 is 11.3 Å². The van der Waals surface area contributed by atoms with Crippen LogP contribution in [0.4, 0.5) is 10.8 Å². The zero-order valence-corrected chi connectivity index (χ0v) is 17.3. The fourth-order valence-corrected chi connectivity index (χ4v) is 3.68. The monoisotopic (exact) mass is 437 g/mol. The lowest BCUT2D eigenvalue weighted by atomic mass is 10.1. The molecule has 0 spiro atoms. The number of nitrogens with one attached hydrogen (secondary N) is 2. The number of carbonyl (C=O) groups excluding carboxylic acids is 3. The van der Waals surface area contributed by atoms with E-state index in [2.05, 4.69) is 15.6 Å². The van der Waals surface area contributed by atoms with Gasteiger partial charge in [0.05, 0.1) is 17.8 Å². The van der Waals surface area contributed by atoms with E-state index in [1.165, 1.54) is 18.3 Å². The average molecular weight is 437 g/mol. The molecule has 2 amide bonds. The number of hydrogen-bond acceptors (Lipinski definition) is 7. The van der Waals surface area contributed by atoms with Gasteiger partial charge in [-0.25, -0.2) is 4.98 Å². The predicted octanol–water partition coefficient (Wildman–Crippen LogP) is 3.47. The number of fused-ring (bicyclic) bond motifs is 1. The number of rotatable bonds is 6. The van der Waals surface area contributed by atoms with Crippen molar-refractivity contribution in [1.82, 2.24) is 4.98 Å². The molecule has 158 valence electrons. The first-order chi connectivity index (χ1) is 15.0. The van der Waals surface area contributed by atoms with Gasteiger partial charge in [-0.2, -0.15) is 0 Å². The van der Waals surface area contributed by atoms with Crippen molar-refractivity contribution in [2.45, 2.75) is 25.6 Å². The molecule has 0 aliphatic carbocycles. The molecule has 1 aromatic heterocycles. The maximum Gasteiger partial charge on any atom is 0.310 e. The van der Waals surface area contributed by atoms with E-state index >= 15 is 0 Å². The highest BCUT2D eigenvalue weighted by Crippen LogP contribution is 2.30. The Kier molecular flexibility index (Phi) is 5.94. The summed E-state index contributed by atoms with van der Waals surface area (Å²) in [5.41, 5.74) is 2.22. The average Bonchev–Trinajstić information content (AvgIpc) is 3.23. The maximum atomic E-state index is 12.4. The van der Waals surface area contributed by atoms with Crippen LogP contribution in [-0.4, -0.2) is 35.0 Å². The minimum absolute atomic E-state index is 0.312. The van der Waals surface area contributed by atoms with Crippen LogP contribution in [0.5, 0.6) is 5.75 Å². The highest BCUT2D eigenvalue weighted by atomic mass is 32.1. The SMILES string of the molecule is C[C@@H](OC(=O)C[C@@H]1Oc2ccccc2NC1=O)C(=O)Nc1nc(-c2ccccc2)cs1. The number of amides is 2. The summed E-state index contributed by atoms with van der Waals surface area (Å²) in [6.45, 7) is 1.45. The number of nitrogens with zero attached hydrogens (tertiary/aromatic N) is 1. The number of hydrogen-bond donors (Lipinski definition) is 2. The van der Waals surface area contributed by atoms with E-state index in [0.717, 1.165) is 11.3 Å². The second-order valence-electron chi connectivity index (χ2n) is 6.82. The number of carbonyl (C=O) groups is 3. The van der Waals surface area contributed by atoms with Gasteiger partial charge in [0.2, 0.25) is 0 Å². The molecule has 1 aliphatic rings. The van der Waals surface area contributed by atoms with Crippen LogP contribution in [0.1, 0.15) is 13.3 Å². The number of aromatic nitrogens is 1. The highest BCUT2D eigenvalue weighted by Gasteiger charge is 2.31. The van der Waals surface area contributed by atoms with Crippen molar-refractivity contribution < 1.29 is 23.9 Å². The van der Waals surface area contributed by atoms with Gasteiger partial charge < -0.3 is 14.8 Å². The predicted molar refractivity (Wildman–Crippen MR) is 116 cm³/mol. The molecule has 2 heterocycles. The van der Waals surface area contributed by atoms with Crippen molar-refractivity contribution in [2.75, 3.05) is 10.6 Å². The Balaban J connectivity index is 1.30. The van der Waals surface area contributed by atoms with Gasteiger partial charge in [0.25, 0.3) is 11.8 Å². The number of ether oxygens (including phenoxy) is 2. The first-order valence-electron chi connectivity index (χ1n) is 9.57. The molecule has 8 nitrogen and oxygen atoms in total. The summed E-state index contributed by atoms with van der Waals surface area (Å²) in [5.74, 6) is -1.19. The summed E-state index contributed by atoms with van der Waals surface area (Å²) in [7, 11) is 0. The summed E-state index contributed by atoms with van der Waals surface area (Å²) >= 11 is 1.27. The molecule has 2 aromatic carbocycles. The number of benzene rings is 2. The van der Waals surface area contributed by atoms with Crippen molar-refractivity contribution >= 4 is 39.9 Å². The second kappa shape index (κ2) is 8.97. The summed E-state index contributed by atoms with van der Waals surface area (Å²) in [4.78, 5) is 41.2. The number of para-hydroxylation sites is 2. The lowest BCUT2D eigenvalue weighted by Crippen LogP contribution is -2.40. The van der Waals surface area contributed by atoms with Gasteiger partial charge in [-0.05, 0) is 19.1 Å². The minimum atomic E-state index is -1.06. The highest BCUT2D eigenvalue weighted by molar-refractivity contribution is 7.14. The van der Waals surface area contributed by atoms with Crippen LogP contribution in [0.3, 0.4) is 0 Å². The number of anilines is 2. The lowest BCUT2D eigenvalue weighted by molar-refractivity contribution is -0.155. The van der Waals surface area contributed by atoms with Crippen LogP contribution in [0.25, 0.3) is 11.3 Å². The molecule has 0 saturated carbocycles. The van der Waals surface area contributed by atoms with Crippen LogP contribution in [0, 0.1) is 0 Å². The Bertz CT molecular complexity index is 1120.